The van der Waals surface area contributed by atoms with E-state index in [-0.39, 0.29) is 12.6 Å². The van der Waals surface area contributed by atoms with Gasteiger partial charge in [0.05, 0.1) is 16.6 Å². The molecule has 0 saturated heterocycles. The van der Waals surface area contributed by atoms with Crippen LogP contribution in [0.5, 0.6) is 0 Å². The number of nitrogens with zero attached hydrogens (tertiary/aromatic N) is 1. The molecule has 24 heavy (non-hydrogen) atoms. The lowest BCUT2D eigenvalue weighted by Crippen LogP contribution is -2.29. The van der Waals surface area contributed by atoms with Crippen LogP contribution in [-0.4, -0.2) is 15.5 Å². The fourth-order valence-corrected chi connectivity index (χ4v) is 2.60. The molecule has 3 aromatic rings. The van der Waals surface area contributed by atoms with Crippen LogP contribution in [0.4, 0.5) is 0 Å². The number of carbonyl (C=O) groups excluding carboxylic acids is 1. The number of benzene rings is 2. The number of aromatic nitrogens is 2. The van der Waals surface area contributed by atoms with Gasteiger partial charge in [0.25, 0.3) is 5.56 Å². The van der Waals surface area contributed by atoms with Crippen molar-refractivity contribution >= 4 is 28.5 Å². The van der Waals surface area contributed by atoms with Crippen molar-refractivity contribution in [3.63, 3.8) is 0 Å². The van der Waals surface area contributed by atoms with E-state index in [2.05, 4.69) is 4.98 Å². The third kappa shape index (κ3) is 3.09. The van der Waals surface area contributed by atoms with Gasteiger partial charge in [0.2, 0.25) is 0 Å². The van der Waals surface area contributed by atoms with Crippen molar-refractivity contribution in [2.45, 2.75) is 13.5 Å². The number of rotatable bonds is 3. The Kier molecular flexibility index (Phi) is 4.22. The van der Waals surface area contributed by atoms with Crippen molar-refractivity contribution in [3.05, 3.63) is 73.9 Å². The minimum absolute atomic E-state index is 0.0972. The summed E-state index contributed by atoms with van der Waals surface area (Å²) in [5, 5.41) is 0.765. The summed E-state index contributed by atoms with van der Waals surface area (Å²) >= 11 is 6.01. The number of nitrogens with one attached hydrogen (secondary N) is 1. The number of fused-ring (bicyclic) bond motifs is 1. The summed E-state index contributed by atoms with van der Waals surface area (Å²) in [6, 6.07) is 11.7. The second-order valence-electron chi connectivity index (χ2n) is 5.21. The number of hydrogen-bond acceptors (Lipinski definition) is 4. The van der Waals surface area contributed by atoms with Crippen molar-refractivity contribution in [1.82, 2.24) is 9.55 Å². The average Bonchev–Trinajstić information content (AvgIpc) is 2.53. The van der Waals surface area contributed by atoms with Gasteiger partial charge in [-0.05, 0) is 35.9 Å². The Morgan fingerprint density at radius 2 is 2.00 bits per heavy atom. The van der Waals surface area contributed by atoms with Crippen molar-refractivity contribution < 1.29 is 9.53 Å². The molecule has 6 nitrogen and oxygen atoms in total. The summed E-state index contributed by atoms with van der Waals surface area (Å²) in [6.45, 7) is 1.42. The minimum atomic E-state index is -0.570. The van der Waals surface area contributed by atoms with Crippen LogP contribution in [0, 0.1) is 0 Å². The summed E-state index contributed by atoms with van der Waals surface area (Å²) in [5.74, 6) is -0.390. The van der Waals surface area contributed by atoms with Gasteiger partial charge >= 0.3 is 11.7 Å². The van der Waals surface area contributed by atoms with Crippen LogP contribution in [0.2, 0.25) is 5.02 Å². The van der Waals surface area contributed by atoms with Crippen LogP contribution in [-0.2, 0) is 16.1 Å². The van der Waals surface area contributed by atoms with E-state index in [0.717, 1.165) is 5.56 Å². The molecule has 0 fully saturated rings. The SMILES string of the molecule is CC(=O)OCc1cccc(-n2c(=O)[nH]c(=O)c3ccc(Cl)cc32)c1. The van der Waals surface area contributed by atoms with Crippen molar-refractivity contribution in [2.24, 2.45) is 0 Å². The lowest BCUT2D eigenvalue weighted by molar-refractivity contribution is -0.142. The third-order valence-corrected chi connectivity index (χ3v) is 3.71. The number of halogens is 1. The molecule has 7 heteroatoms. The molecule has 2 aromatic carbocycles. The van der Waals surface area contributed by atoms with Crippen LogP contribution in [0.25, 0.3) is 16.6 Å². The highest BCUT2D eigenvalue weighted by atomic mass is 35.5. The highest BCUT2D eigenvalue weighted by Crippen LogP contribution is 2.19. The predicted molar refractivity (Wildman–Crippen MR) is 90.6 cm³/mol. The summed E-state index contributed by atoms with van der Waals surface area (Å²) in [4.78, 5) is 37.5. The second kappa shape index (κ2) is 6.33. The van der Waals surface area contributed by atoms with Gasteiger partial charge < -0.3 is 4.74 Å². The van der Waals surface area contributed by atoms with Crippen LogP contribution < -0.4 is 11.2 Å². The Balaban J connectivity index is 2.21. The third-order valence-electron chi connectivity index (χ3n) is 3.48. The molecule has 0 aliphatic heterocycles. The van der Waals surface area contributed by atoms with Gasteiger partial charge in [-0.1, -0.05) is 23.7 Å². The predicted octanol–water partition coefficient (Wildman–Crippen LogP) is 2.40. The van der Waals surface area contributed by atoms with Crippen molar-refractivity contribution in [3.8, 4) is 5.69 Å². The lowest BCUT2D eigenvalue weighted by Gasteiger charge is -2.11. The maximum Gasteiger partial charge on any atom is 0.333 e. The lowest BCUT2D eigenvalue weighted by atomic mass is 10.2. The number of carbonyl (C=O) groups is 1. The van der Waals surface area contributed by atoms with E-state index < -0.39 is 11.2 Å². The zero-order valence-corrected chi connectivity index (χ0v) is 13.5. The van der Waals surface area contributed by atoms with Crippen LogP contribution in [0.1, 0.15) is 12.5 Å². The Morgan fingerprint density at radius 1 is 1.21 bits per heavy atom. The topological polar surface area (TPSA) is 81.2 Å². The van der Waals surface area contributed by atoms with Gasteiger partial charge in [-0.15, -0.1) is 0 Å². The molecule has 122 valence electrons. The van der Waals surface area contributed by atoms with Gasteiger partial charge in [-0.2, -0.15) is 0 Å². The highest BCUT2D eigenvalue weighted by Gasteiger charge is 2.10. The van der Waals surface area contributed by atoms with Crippen LogP contribution in [0.15, 0.2) is 52.1 Å². The van der Waals surface area contributed by atoms with E-state index in [0.29, 0.717) is 21.6 Å². The van der Waals surface area contributed by atoms with E-state index in [4.69, 9.17) is 16.3 Å². The van der Waals surface area contributed by atoms with Crippen LogP contribution >= 0.6 is 11.6 Å². The molecule has 0 atom stereocenters. The maximum atomic E-state index is 12.3. The van der Waals surface area contributed by atoms with Gasteiger partial charge in [0.1, 0.15) is 6.61 Å². The molecule has 0 saturated carbocycles. The van der Waals surface area contributed by atoms with E-state index >= 15 is 0 Å². The maximum absolute atomic E-state index is 12.3. The standard InChI is InChI=1S/C17H13ClN2O4/c1-10(21)24-9-11-3-2-4-13(7-11)20-15-8-12(18)5-6-14(15)16(22)19-17(20)23/h2-8H,9H2,1H3,(H,19,22,23). The fraction of sp³-hybridized carbons (Fsp3) is 0.118. The Hall–Kier alpha value is -2.86. The number of aromatic amines is 1. The summed E-state index contributed by atoms with van der Waals surface area (Å²) in [6.07, 6.45) is 0. The first kappa shape index (κ1) is 16.0. The molecule has 0 amide bonds. The first-order valence-electron chi connectivity index (χ1n) is 7.13. The normalized spacial score (nSPS) is 10.8. The smallest absolute Gasteiger partial charge is 0.333 e. The largest absolute Gasteiger partial charge is 0.461 e. The summed E-state index contributed by atoms with van der Waals surface area (Å²) in [7, 11) is 0. The Bertz CT molecular complexity index is 1050. The molecule has 1 N–H and O–H groups in total. The zero-order valence-electron chi connectivity index (χ0n) is 12.7. The van der Waals surface area contributed by atoms with Gasteiger partial charge in [-0.3, -0.25) is 19.1 Å². The summed E-state index contributed by atoms with van der Waals surface area (Å²) < 4.78 is 6.33. The first-order valence-corrected chi connectivity index (χ1v) is 7.51. The Morgan fingerprint density at radius 3 is 2.75 bits per heavy atom. The van der Waals surface area contributed by atoms with E-state index in [1.807, 2.05) is 0 Å². The molecule has 0 spiro atoms. The van der Waals surface area contributed by atoms with E-state index in [1.54, 1.807) is 42.5 Å². The highest BCUT2D eigenvalue weighted by molar-refractivity contribution is 6.31. The number of ether oxygens (including phenoxy) is 1. The molecule has 0 unspecified atom stereocenters. The minimum Gasteiger partial charge on any atom is -0.461 e. The van der Waals surface area contributed by atoms with Crippen molar-refractivity contribution in [1.29, 1.82) is 0 Å². The van der Waals surface area contributed by atoms with Crippen LogP contribution in [0.3, 0.4) is 0 Å². The zero-order chi connectivity index (χ0) is 17.3. The number of hydrogen-bond donors (Lipinski definition) is 1. The molecule has 0 aliphatic rings. The molecule has 0 aliphatic carbocycles. The van der Waals surface area contributed by atoms with Gasteiger partial charge in [0.15, 0.2) is 0 Å². The van der Waals surface area contributed by atoms with Crippen molar-refractivity contribution in [2.75, 3.05) is 0 Å². The average molecular weight is 345 g/mol. The molecular weight excluding hydrogens is 332 g/mol. The molecule has 1 heterocycles. The summed E-state index contributed by atoms with van der Waals surface area (Å²) in [5.41, 5.74) is 0.614. The van der Waals surface area contributed by atoms with E-state index in [9.17, 15) is 14.4 Å². The second-order valence-corrected chi connectivity index (χ2v) is 5.64. The molecule has 3 rings (SSSR count). The number of H-pyrrole nitrogens is 1. The molecule has 0 bridgehead atoms. The Labute approximate surface area is 141 Å². The quantitative estimate of drug-likeness (QED) is 0.740. The number of esters is 1. The van der Waals surface area contributed by atoms with E-state index in [1.165, 1.54) is 11.5 Å². The monoisotopic (exact) mass is 344 g/mol. The molecular formula is C17H13ClN2O4. The fourth-order valence-electron chi connectivity index (χ4n) is 2.44. The molecule has 0 radical (unpaired) electrons. The van der Waals surface area contributed by atoms with Gasteiger partial charge in [0, 0.05) is 11.9 Å². The van der Waals surface area contributed by atoms with Gasteiger partial charge in [-0.25, -0.2) is 4.79 Å². The molecule has 1 aromatic heterocycles. The first-order chi connectivity index (χ1) is 11.5.